The van der Waals surface area contributed by atoms with Gasteiger partial charge in [-0.15, -0.1) is 0 Å². The molecule has 0 saturated carbocycles. The van der Waals surface area contributed by atoms with Crippen LogP contribution in [0, 0.1) is 0 Å². The zero-order valence-corrected chi connectivity index (χ0v) is 13.8. The number of hydrogen-bond acceptors (Lipinski definition) is 3. The molecule has 2 aromatic rings. The van der Waals surface area contributed by atoms with Crippen LogP contribution in [0.4, 0.5) is 0 Å². The third-order valence-electron chi connectivity index (χ3n) is 3.55. The topological polar surface area (TPSA) is 47.3 Å². The molecule has 1 atom stereocenters. The Labute approximate surface area is 134 Å². The van der Waals surface area contributed by atoms with Gasteiger partial charge in [-0.2, -0.15) is 0 Å². The summed E-state index contributed by atoms with van der Waals surface area (Å²) in [6.45, 7) is 0. The minimum Gasteiger partial charge on any atom is -0.497 e. The van der Waals surface area contributed by atoms with Crippen LogP contribution in [0.3, 0.4) is 0 Å². The average Bonchev–Trinajstić information content (AvgIpc) is 2.52. The van der Waals surface area contributed by atoms with E-state index in [2.05, 4.69) is 51.7 Å². The van der Waals surface area contributed by atoms with E-state index in [4.69, 9.17) is 10.6 Å². The predicted octanol–water partition coefficient (Wildman–Crippen LogP) is 3.46. The van der Waals surface area contributed by atoms with Gasteiger partial charge in [0.15, 0.2) is 0 Å². The first-order valence-electron chi connectivity index (χ1n) is 7.05. The molecule has 0 bridgehead atoms. The second-order valence-corrected chi connectivity index (χ2v) is 6.00. The van der Waals surface area contributed by atoms with Crippen molar-refractivity contribution in [2.24, 2.45) is 5.84 Å². The maximum absolute atomic E-state index is 5.69. The van der Waals surface area contributed by atoms with E-state index in [1.165, 1.54) is 11.1 Å². The molecule has 0 spiro atoms. The second-order valence-electron chi connectivity index (χ2n) is 5.08. The number of aryl methyl sites for hydroxylation is 1. The molecule has 0 aliphatic heterocycles. The van der Waals surface area contributed by atoms with Gasteiger partial charge >= 0.3 is 0 Å². The molecule has 0 aliphatic rings. The zero-order chi connectivity index (χ0) is 15.1. The molecular formula is C17H21BrN2O. The minimum absolute atomic E-state index is 0.265. The fourth-order valence-electron chi connectivity index (χ4n) is 2.33. The molecule has 0 fully saturated rings. The van der Waals surface area contributed by atoms with Crippen LogP contribution in [0.1, 0.15) is 17.5 Å². The number of rotatable bonds is 7. The summed E-state index contributed by atoms with van der Waals surface area (Å²) in [5.41, 5.74) is 5.50. The van der Waals surface area contributed by atoms with E-state index in [0.717, 1.165) is 29.5 Å². The molecule has 0 aliphatic carbocycles. The van der Waals surface area contributed by atoms with Crippen LogP contribution in [0.5, 0.6) is 5.75 Å². The Balaban J connectivity index is 1.89. The van der Waals surface area contributed by atoms with Gasteiger partial charge in [0, 0.05) is 10.5 Å². The summed E-state index contributed by atoms with van der Waals surface area (Å²) in [6.07, 6.45) is 2.91. The summed E-state index contributed by atoms with van der Waals surface area (Å²) in [5, 5.41) is 0. The number of hydrazine groups is 1. The van der Waals surface area contributed by atoms with Crippen molar-refractivity contribution in [1.82, 2.24) is 5.43 Å². The van der Waals surface area contributed by atoms with Gasteiger partial charge < -0.3 is 4.74 Å². The molecule has 0 heterocycles. The molecule has 112 valence electrons. The lowest BCUT2D eigenvalue weighted by Crippen LogP contribution is -2.37. The van der Waals surface area contributed by atoms with Crippen LogP contribution >= 0.6 is 15.9 Å². The Kier molecular flexibility index (Phi) is 6.23. The van der Waals surface area contributed by atoms with E-state index in [1.807, 2.05) is 18.2 Å². The minimum atomic E-state index is 0.265. The molecule has 21 heavy (non-hydrogen) atoms. The van der Waals surface area contributed by atoms with Gasteiger partial charge in [0.05, 0.1) is 7.11 Å². The molecule has 0 radical (unpaired) electrons. The number of ether oxygens (including phenoxy) is 1. The highest BCUT2D eigenvalue weighted by molar-refractivity contribution is 9.10. The molecular weight excluding hydrogens is 328 g/mol. The van der Waals surface area contributed by atoms with Crippen LogP contribution in [0.25, 0.3) is 0 Å². The Bertz CT molecular complexity index is 557. The fraction of sp³-hybridized carbons (Fsp3) is 0.294. The smallest absolute Gasteiger partial charge is 0.118 e. The number of hydrogen-bond donors (Lipinski definition) is 2. The largest absolute Gasteiger partial charge is 0.497 e. The molecule has 0 saturated heterocycles. The SMILES string of the molecule is COc1ccc(CCC(Cc2cccc(Br)c2)NN)cc1. The lowest BCUT2D eigenvalue weighted by molar-refractivity contribution is 0.414. The summed E-state index contributed by atoms with van der Waals surface area (Å²) in [5.74, 6) is 6.58. The monoisotopic (exact) mass is 348 g/mol. The Morgan fingerprint density at radius 2 is 1.90 bits per heavy atom. The Hall–Kier alpha value is -1.36. The van der Waals surface area contributed by atoms with Crippen molar-refractivity contribution in [3.63, 3.8) is 0 Å². The third kappa shape index (κ3) is 5.16. The van der Waals surface area contributed by atoms with Crippen LogP contribution in [0.15, 0.2) is 53.0 Å². The Morgan fingerprint density at radius 1 is 1.14 bits per heavy atom. The van der Waals surface area contributed by atoms with E-state index in [9.17, 15) is 0 Å². The lowest BCUT2D eigenvalue weighted by atomic mass is 9.99. The van der Waals surface area contributed by atoms with E-state index in [0.29, 0.717) is 0 Å². The molecule has 2 aromatic carbocycles. The number of benzene rings is 2. The molecule has 0 amide bonds. The number of halogens is 1. The highest BCUT2D eigenvalue weighted by Gasteiger charge is 2.08. The molecule has 0 aromatic heterocycles. The van der Waals surface area contributed by atoms with Gasteiger partial charge in [0.25, 0.3) is 0 Å². The highest BCUT2D eigenvalue weighted by atomic mass is 79.9. The van der Waals surface area contributed by atoms with E-state index in [1.54, 1.807) is 7.11 Å². The van der Waals surface area contributed by atoms with Crippen LogP contribution in [-0.4, -0.2) is 13.2 Å². The van der Waals surface area contributed by atoms with Gasteiger partial charge in [-0.3, -0.25) is 11.3 Å². The molecule has 2 rings (SSSR count). The second kappa shape index (κ2) is 8.17. The van der Waals surface area contributed by atoms with Crippen molar-refractivity contribution in [2.45, 2.75) is 25.3 Å². The van der Waals surface area contributed by atoms with E-state index in [-0.39, 0.29) is 6.04 Å². The lowest BCUT2D eigenvalue weighted by Gasteiger charge is -2.16. The third-order valence-corrected chi connectivity index (χ3v) is 4.04. The molecule has 3 nitrogen and oxygen atoms in total. The summed E-state index contributed by atoms with van der Waals surface area (Å²) < 4.78 is 6.27. The van der Waals surface area contributed by atoms with Crippen molar-refractivity contribution in [2.75, 3.05) is 7.11 Å². The standard InChI is InChI=1S/C17H21BrN2O/c1-21-17-9-6-13(7-10-17)5-8-16(20-19)12-14-3-2-4-15(18)11-14/h2-4,6-7,9-11,16,20H,5,8,12,19H2,1H3. The van der Waals surface area contributed by atoms with Crippen molar-refractivity contribution in [3.05, 3.63) is 64.1 Å². The first-order chi connectivity index (χ1) is 10.2. The first kappa shape index (κ1) is 16.0. The molecule has 1 unspecified atom stereocenters. The van der Waals surface area contributed by atoms with Crippen LogP contribution in [-0.2, 0) is 12.8 Å². The molecule has 4 heteroatoms. The zero-order valence-electron chi connectivity index (χ0n) is 12.2. The maximum Gasteiger partial charge on any atom is 0.118 e. The number of nitrogens with one attached hydrogen (secondary N) is 1. The first-order valence-corrected chi connectivity index (χ1v) is 7.84. The van der Waals surface area contributed by atoms with Crippen LogP contribution in [0.2, 0.25) is 0 Å². The van der Waals surface area contributed by atoms with Crippen molar-refractivity contribution >= 4 is 15.9 Å². The summed E-state index contributed by atoms with van der Waals surface area (Å²) in [6, 6.07) is 16.8. The normalized spacial score (nSPS) is 12.1. The summed E-state index contributed by atoms with van der Waals surface area (Å²) in [7, 11) is 1.68. The maximum atomic E-state index is 5.69. The van der Waals surface area contributed by atoms with Crippen LogP contribution < -0.4 is 16.0 Å². The van der Waals surface area contributed by atoms with E-state index >= 15 is 0 Å². The van der Waals surface area contributed by atoms with E-state index < -0.39 is 0 Å². The fourth-order valence-corrected chi connectivity index (χ4v) is 2.77. The predicted molar refractivity (Wildman–Crippen MR) is 90.3 cm³/mol. The van der Waals surface area contributed by atoms with Crippen molar-refractivity contribution in [3.8, 4) is 5.75 Å². The van der Waals surface area contributed by atoms with Gasteiger partial charge in [0.1, 0.15) is 5.75 Å². The summed E-state index contributed by atoms with van der Waals surface area (Å²) in [4.78, 5) is 0. The number of nitrogens with two attached hydrogens (primary N) is 1. The van der Waals surface area contributed by atoms with Gasteiger partial charge in [-0.25, -0.2) is 0 Å². The van der Waals surface area contributed by atoms with Gasteiger partial charge in [-0.05, 0) is 54.7 Å². The highest BCUT2D eigenvalue weighted by Crippen LogP contribution is 2.16. The summed E-state index contributed by atoms with van der Waals surface area (Å²) >= 11 is 3.50. The van der Waals surface area contributed by atoms with Crippen molar-refractivity contribution < 1.29 is 4.74 Å². The quantitative estimate of drug-likeness (QED) is 0.594. The molecule has 3 N–H and O–H groups in total. The van der Waals surface area contributed by atoms with Gasteiger partial charge in [0.2, 0.25) is 0 Å². The van der Waals surface area contributed by atoms with Crippen molar-refractivity contribution in [1.29, 1.82) is 0 Å². The average molecular weight is 349 g/mol. The Morgan fingerprint density at radius 3 is 2.52 bits per heavy atom. The number of methoxy groups -OCH3 is 1. The van der Waals surface area contributed by atoms with Gasteiger partial charge in [-0.1, -0.05) is 40.2 Å².